The lowest BCUT2D eigenvalue weighted by atomic mass is 10.0. The molecule has 3 N–H and O–H groups in total. The molecular formula is C16H15ClFN5O. The van der Waals surface area contributed by atoms with E-state index in [1.807, 2.05) is 6.92 Å². The highest BCUT2D eigenvalue weighted by Crippen LogP contribution is 2.31. The maximum atomic E-state index is 13.5. The molecule has 2 heterocycles. The quantitative estimate of drug-likeness (QED) is 0.711. The molecule has 0 saturated heterocycles. The molecule has 3 rings (SSSR count). The van der Waals surface area contributed by atoms with Crippen LogP contribution in [0.4, 0.5) is 16.0 Å². The van der Waals surface area contributed by atoms with E-state index in [-0.39, 0.29) is 16.3 Å². The molecule has 124 valence electrons. The molecule has 6 nitrogen and oxygen atoms in total. The van der Waals surface area contributed by atoms with Crippen molar-refractivity contribution in [3.8, 4) is 11.1 Å². The molecule has 0 atom stereocenters. The Morgan fingerprint density at radius 1 is 1.33 bits per heavy atom. The van der Waals surface area contributed by atoms with Gasteiger partial charge < -0.3 is 11.1 Å². The van der Waals surface area contributed by atoms with Crippen molar-refractivity contribution in [2.45, 2.75) is 13.5 Å². The lowest BCUT2D eigenvalue weighted by molar-refractivity contribution is 0.633. The van der Waals surface area contributed by atoms with Gasteiger partial charge in [-0.2, -0.15) is 4.98 Å². The minimum atomic E-state index is -0.623. The third-order valence-corrected chi connectivity index (χ3v) is 4.06. The number of rotatable bonds is 3. The lowest BCUT2D eigenvalue weighted by Crippen LogP contribution is -2.22. The predicted octanol–water partition coefficient (Wildman–Crippen LogP) is 2.89. The molecule has 2 aromatic heterocycles. The van der Waals surface area contributed by atoms with Gasteiger partial charge in [-0.25, -0.2) is 9.37 Å². The van der Waals surface area contributed by atoms with Gasteiger partial charge in [0.05, 0.1) is 10.7 Å². The standard InChI is InChI=1S/C16H15ClFN5O/c1-3-23-14-8(7-21-16(20-2)22-14)4-10(15(23)24)9-5-13(19)12(18)6-11(9)17/h4-7H,3,19H2,1-2H3,(H,20,21,22). The van der Waals surface area contributed by atoms with E-state index < -0.39 is 5.82 Å². The largest absolute Gasteiger partial charge is 0.396 e. The summed E-state index contributed by atoms with van der Waals surface area (Å²) in [5.74, 6) is -0.205. The zero-order valence-corrected chi connectivity index (χ0v) is 13.9. The second-order valence-electron chi connectivity index (χ2n) is 5.18. The van der Waals surface area contributed by atoms with Gasteiger partial charge in [0.2, 0.25) is 5.95 Å². The van der Waals surface area contributed by atoms with E-state index in [1.54, 1.807) is 19.3 Å². The minimum absolute atomic E-state index is 0.0706. The first kappa shape index (κ1) is 16.2. The Morgan fingerprint density at radius 3 is 2.75 bits per heavy atom. The molecule has 0 amide bonds. The van der Waals surface area contributed by atoms with Crippen LogP contribution in [-0.4, -0.2) is 21.6 Å². The Bertz CT molecular complexity index is 1000. The first-order valence-corrected chi connectivity index (χ1v) is 7.67. The van der Waals surface area contributed by atoms with Crippen molar-refractivity contribution in [2.75, 3.05) is 18.1 Å². The van der Waals surface area contributed by atoms with E-state index in [0.29, 0.717) is 34.7 Å². The fraction of sp³-hybridized carbons (Fsp3) is 0.188. The monoisotopic (exact) mass is 347 g/mol. The van der Waals surface area contributed by atoms with Crippen molar-refractivity contribution >= 4 is 34.3 Å². The Hall–Kier alpha value is -2.67. The highest BCUT2D eigenvalue weighted by Gasteiger charge is 2.16. The van der Waals surface area contributed by atoms with Gasteiger partial charge in [0.25, 0.3) is 5.56 Å². The van der Waals surface area contributed by atoms with Crippen LogP contribution in [0.1, 0.15) is 6.92 Å². The van der Waals surface area contributed by atoms with Crippen LogP contribution in [0.2, 0.25) is 5.02 Å². The summed E-state index contributed by atoms with van der Waals surface area (Å²) in [6.07, 6.45) is 1.62. The Morgan fingerprint density at radius 2 is 2.08 bits per heavy atom. The molecule has 24 heavy (non-hydrogen) atoms. The van der Waals surface area contributed by atoms with Crippen molar-refractivity contribution in [1.29, 1.82) is 0 Å². The fourth-order valence-electron chi connectivity index (χ4n) is 2.54. The number of nitrogens with zero attached hydrogens (tertiary/aromatic N) is 3. The number of aromatic nitrogens is 3. The summed E-state index contributed by atoms with van der Waals surface area (Å²) in [5, 5.41) is 3.63. The topological polar surface area (TPSA) is 85.8 Å². The zero-order chi connectivity index (χ0) is 17.4. The molecule has 0 radical (unpaired) electrons. The molecule has 0 unspecified atom stereocenters. The number of pyridine rings is 1. The summed E-state index contributed by atoms with van der Waals surface area (Å²) in [7, 11) is 1.70. The molecule has 0 aliphatic carbocycles. The van der Waals surface area contributed by atoms with E-state index in [9.17, 15) is 9.18 Å². The molecule has 0 aliphatic rings. The summed E-state index contributed by atoms with van der Waals surface area (Å²) >= 11 is 6.12. The normalized spacial score (nSPS) is 11.0. The summed E-state index contributed by atoms with van der Waals surface area (Å²) in [4.78, 5) is 21.4. The SMILES string of the molecule is CCn1c(=O)c(-c2cc(N)c(F)cc2Cl)cc2cnc(NC)nc21. The number of hydrogen-bond acceptors (Lipinski definition) is 5. The number of nitrogens with one attached hydrogen (secondary N) is 1. The number of benzene rings is 1. The van der Waals surface area contributed by atoms with E-state index in [0.717, 1.165) is 6.07 Å². The van der Waals surface area contributed by atoms with Crippen molar-refractivity contribution in [2.24, 2.45) is 0 Å². The first-order valence-electron chi connectivity index (χ1n) is 7.29. The van der Waals surface area contributed by atoms with Crippen LogP contribution in [0.25, 0.3) is 22.2 Å². The predicted molar refractivity (Wildman–Crippen MR) is 93.8 cm³/mol. The number of fused-ring (bicyclic) bond motifs is 1. The van der Waals surface area contributed by atoms with Crippen LogP contribution in [0.15, 0.2) is 29.2 Å². The zero-order valence-electron chi connectivity index (χ0n) is 13.1. The molecule has 3 aromatic rings. The molecule has 0 bridgehead atoms. The van der Waals surface area contributed by atoms with E-state index in [4.69, 9.17) is 17.3 Å². The number of aryl methyl sites for hydroxylation is 1. The second-order valence-corrected chi connectivity index (χ2v) is 5.59. The minimum Gasteiger partial charge on any atom is -0.396 e. The number of hydrogen-bond donors (Lipinski definition) is 2. The molecule has 1 aromatic carbocycles. The molecule has 0 aliphatic heterocycles. The van der Waals surface area contributed by atoms with Gasteiger partial charge in [-0.1, -0.05) is 11.6 Å². The van der Waals surface area contributed by atoms with Gasteiger partial charge in [0.1, 0.15) is 11.5 Å². The fourth-order valence-corrected chi connectivity index (χ4v) is 2.79. The van der Waals surface area contributed by atoms with Gasteiger partial charge in [-0.15, -0.1) is 0 Å². The van der Waals surface area contributed by atoms with Crippen LogP contribution in [0.5, 0.6) is 0 Å². The molecular weight excluding hydrogens is 333 g/mol. The second kappa shape index (κ2) is 6.09. The van der Waals surface area contributed by atoms with Crippen molar-refractivity contribution in [3.05, 3.63) is 45.6 Å². The van der Waals surface area contributed by atoms with Crippen molar-refractivity contribution in [3.63, 3.8) is 0 Å². The average molecular weight is 348 g/mol. The maximum absolute atomic E-state index is 13.5. The lowest BCUT2D eigenvalue weighted by Gasteiger charge is -2.12. The molecule has 0 spiro atoms. The van der Waals surface area contributed by atoms with Gasteiger partial charge >= 0.3 is 0 Å². The van der Waals surface area contributed by atoms with Crippen LogP contribution < -0.4 is 16.6 Å². The van der Waals surface area contributed by atoms with Crippen LogP contribution in [0, 0.1) is 5.82 Å². The van der Waals surface area contributed by atoms with Gasteiger partial charge in [-0.3, -0.25) is 9.36 Å². The number of halogens is 2. The molecule has 0 saturated carbocycles. The van der Waals surface area contributed by atoms with Crippen molar-refractivity contribution < 1.29 is 4.39 Å². The number of nitrogen functional groups attached to an aromatic ring is 1. The van der Waals surface area contributed by atoms with Crippen LogP contribution >= 0.6 is 11.6 Å². The Balaban J connectivity index is 2.36. The third kappa shape index (κ3) is 2.56. The van der Waals surface area contributed by atoms with Gasteiger partial charge in [0.15, 0.2) is 0 Å². The number of nitrogens with two attached hydrogens (primary N) is 1. The summed E-state index contributed by atoms with van der Waals surface area (Å²) in [6.45, 7) is 2.25. The van der Waals surface area contributed by atoms with E-state index in [2.05, 4.69) is 15.3 Å². The Labute approximate surface area is 142 Å². The summed E-state index contributed by atoms with van der Waals surface area (Å²) in [5.41, 5.74) is 6.48. The highest BCUT2D eigenvalue weighted by atomic mass is 35.5. The van der Waals surface area contributed by atoms with Crippen LogP contribution in [-0.2, 0) is 6.54 Å². The van der Waals surface area contributed by atoms with Crippen LogP contribution in [0.3, 0.4) is 0 Å². The molecule has 0 fully saturated rings. The van der Waals surface area contributed by atoms with E-state index in [1.165, 1.54) is 10.6 Å². The van der Waals surface area contributed by atoms with E-state index >= 15 is 0 Å². The summed E-state index contributed by atoms with van der Waals surface area (Å²) in [6, 6.07) is 4.11. The first-order chi connectivity index (χ1) is 11.5. The van der Waals surface area contributed by atoms with Gasteiger partial charge in [0, 0.05) is 36.3 Å². The molecule has 8 heteroatoms. The number of anilines is 2. The van der Waals surface area contributed by atoms with Gasteiger partial charge in [-0.05, 0) is 25.1 Å². The highest BCUT2D eigenvalue weighted by molar-refractivity contribution is 6.33. The third-order valence-electron chi connectivity index (χ3n) is 3.74. The summed E-state index contributed by atoms with van der Waals surface area (Å²) < 4.78 is 15.1. The average Bonchev–Trinajstić information content (AvgIpc) is 2.57. The smallest absolute Gasteiger partial charge is 0.260 e. The Kier molecular flexibility index (Phi) is 4.11. The maximum Gasteiger partial charge on any atom is 0.260 e. The van der Waals surface area contributed by atoms with Crippen molar-refractivity contribution in [1.82, 2.24) is 14.5 Å².